The van der Waals surface area contributed by atoms with Crippen LogP contribution < -0.4 is 4.90 Å². The van der Waals surface area contributed by atoms with Crippen LogP contribution in [-0.4, -0.2) is 58.9 Å². The van der Waals surface area contributed by atoms with E-state index in [1.807, 2.05) is 35.0 Å². The summed E-state index contributed by atoms with van der Waals surface area (Å²) in [6.07, 6.45) is -1.99. The van der Waals surface area contributed by atoms with Gasteiger partial charge in [0, 0.05) is 50.2 Å². The lowest BCUT2D eigenvalue weighted by Crippen LogP contribution is -2.49. The van der Waals surface area contributed by atoms with Crippen LogP contribution in [0.1, 0.15) is 17.9 Å². The molecule has 9 heteroatoms. The van der Waals surface area contributed by atoms with Crippen molar-refractivity contribution < 1.29 is 18.0 Å². The summed E-state index contributed by atoms with van der Waals surface area (Å²) in [5.41, 5.74) is 1.96. The number of carbonyl (C=O) groups is 1. The third-order valence-corrected chi connectivity index (χ3v) is 6.42. The molecular formula is C24H25F3N4OS. The fraction of sp³-hybridized carbons (Fsp3) is 0.333. The number of likely N-dealkylation sites (tertiary alicyclic amines) is 1. The van der Waals surface area contributed by atoms with Crippen LogP contribution in [-0.2, 0) is 11.3 Å². The number of halogens is 3. The number of nitrogens with zero attached hydrogens (tertiary/aromatic N) is 4. The van der Waals surface area contributed by atoms with Gasteiger partial charge in [0.05, 0.1) is 5.69 Å². The molecule has 1 unspecified atom stereocenters. The number of fused-ring (bicyclic) bond motifs is 1. The minimum Gasteiger partial charge on any atom is -0.348 e. The van der Waals surface area contributed by atoms with Crippen LogP contribution in [0.3, 0.4) is 0 Å². The lowest BCUT2D eigenvalue weighted by atomic mass is 9.98. The maximum atomic E-state index is 13.9. The number of hydrogen-bond donors (Lipinski definition) is 0. The van der Waals surface area contributed by atoms with E-state index in [9.17, 15) is 18.0 Å². The molecule has 0 saturated carbocycles. The number of benzene rings is 2. The first kappa shape index (κ1) is 23.1. The second-order valence-electron chi connectivity index (χ2n) is 8.37. The smallest absolute Gasteiger partial charge is 0.348 e. The fourth-order valence-electron chi connectivity index (χ4n) is 4.29. The summed E-state index contributed by atoms with van der Waals surface area (Å²) in [7, 11) is 3.42. The van der Waals surface area contributed by atoms with Gasteiger partial charge in [-0.15, -0.1) is 13.2 Å². The summed E-state index contributed by atoms with van der Waals surface area (Å²) in [5, 5.41) is 0.764. The Labute approximate surface area is 196 Å². The van der Waals surface area contributed by atoms with Gasteiger partial charge in [-0.3, -0.25) is 4.79 Å². The average molecular weight is 475 g/mol. The zero-order chi connectivity index (χ0) is 23.8. The van der Waals surface area contributed by atoms with Gasteiger partial charge in [0.1, 0.15) is 6.54 Å². The minimum atomic E-state index is -4.63. The molecule has 4 rings (SSSR count). The van der Waals surface area contributed by atoms with E-state index in [1.54, 1.807) is 42.1 Å². The van der Waals surface area contributed by atoms with Gasteiger partial charge in [-0.25, -0.2) is 4.90 Å². The molecule has 0 aliphatic carbocycles. The Morgan fingerprint density at radius 2 is 1.76 bits per heavy atom. The molecule has 174 valence electrons. The van der Waals surface area contributed by atoms with Crippen LogP contribution in [0.5, 0.6) is 0 Å². The molecule has 5 nitrogen and oxygen atoms in total. The van der Waals surface area contributed by atoms with Crippen LogP contribution in [0.15, 0.2) is 60.8 Å². The monoisotopic (exact) mass is 474 g/mol. The maximum Gasteiger partial charge on any atom is 0.491 e. The molecule has 2 heterocycles. The number of thiocarbonyl (C=S) groups is 1. The lowest BCUT2D eigenvalue weighted by molar-refractivity contribution is -0.129. The Morgan fingerprint density at radius 3 is 2.42 bits per heavy atom. The first-order valence-electron chi connectivity index (χ1n) is 10.7. The van der Waals surface area contributed by atoms with Crippen molar-refractivity contribution in [3.05, 3.63) is 66.4 Å². The van der Waals surface area contributed by atoms with Gasteiger partial charge in [-0.05, 0) is 42.4 Å². The molecule has 2 aromatic carbocycles. The highest BCUT2D eigenvalue weighted by atomic mass is 32.1. The number of alkyl halides is 3. The van der Waals surface area contributed by atoms with E-state index >= 15 is 0 Å². The van der Waals surface area contributed by atoms with Crippen molar-refractivity contribution in [2.24, 2.45) is 0 Å². The molecule has 3 aromatic rings. The van der Waals surface area contributed by atoms with Crippen molar-refractivity contribution in [1.29, 1.82) is 0 Å². The molecule has 1 fully saturated rings. The molecule has 0 radical (unpaired) electrons. The van der Waals surface area contributed by atoms with Gasteiger partial charge >= 0.3 is 6.30 Å². The topological polar surface area (TPSA) is 31.7 Å². The zero-order valence-corrected chi connectivity index (χ0v) is 19.2. The summed E-state index contributed by atoms with van der Waals surface area (Å²) in [6.45, 7) is 1.02. The van der Waals surface area contributed by atoms with Gasteiger partial charge in [0.2, 0.25) is 5.91 Å². The van der Waals surface area contributed by atoms with Gasteiger partial charge in [-0.2, -0.15) is 0 Å². The van der Waals surface area contributed by atoms with E-state index in [2.05, 4.69) is 0 Å². The van der Waals surface area contributed by atoms with Crippen molar-refractivity contribution in [3.8, 4) is 0 Å². The second-order valence-corrected chi connectivity index (χ2v) is 8.74. The van der Waals surface area contributed by atoms with Gasteiger partial charge < -0.3 is 14.4 Å². The number of anilines is 1. The van der Waals surface area contributed by atoms with Crippen molar-refractivity contribution in [1.82, 2.24) is 14.4 Å². The van der Waals surface area contributed by atoms with Crippen molar-refractivity contribution in [2.45, 2.75) is 25.2 Å². The van der Waals surface area contributed by atoms with Crippen LogP contribution in [0, 0.1) is 0 Å². The Kier molecular flexibility index (Phi) is 6.34. The molecule has 1 aliphatic heterocycles. The number of amides is 1. The van der Waals surface area contributed by atoms with Gasteiger partial charge in [0.15, 0.2) is 5.11 Å². The number of hydrogen-bond acceptors (Lipinski definition) is 2. The molecular weight excluding hydrogens is 449 g/mol. The van der Waals surface area contributed by atoms with Crippen molar-refractivity contribution in [2.75, 3.05) is 32.1 Å². The second kappa shape index (κ2) is 9.05. The normalized spacial score (nSPS) is 16.3. The Bertz CT molecular complexity index is 1160. The van der Waals surface area contributed by atoms with Crippen LogP contribution >= 0.6 is 12.2 Å². The first-order valence-corrected chi connectivity index (χ1v) is 11.1. The van der Waals surface area contributed by atoms with Crippen LogP contribution in [0.2, 0.25) is 0 Å². The molecule has 1 saturated heterocycles. The molecule has 33 heavy (non-hydrogen) atoms. The lowest BCUT2D eigenvalue weighted by Gasteiger charge is -2.32. The predicted molar refractivity (Wildman–Crippen MR) is 127 cm³/mol. The SMILES string of the molecule is CN(C)C(=O)Cn1cc(C2CCN(C(=S)N(c3ccccc3)C(F)(F)F)C2)c2ccccc21. The van der Waals surface area contributed by atoms with Crippen LogP contribution in [0.4, 0.5) is 18.9 Å². The molecule has 1 atom stereocenters. The number of rotatable bonds is 4. The summed E-state index contributed by atoms with van der Waals surface area (Å²) >= 11 is 5.33. The van der Waals surface area contributed by atoms with E-state index in [-0.39, 0.29) is 34.1 Å². The standard InChI is InChI=1S/C24H25F3N4OS/c1-28(2)22(32)16-30-15-20(19-10-6-7-11-21(19)30)17-12-13-29(14-17)23(33)31(24(25,26)27)18-8-4-3-5-9-18/h3-11,15,17H,12-14,16H2,1-2H3. The number of para-hydroxylation sites is 2. The van der Waals surface area contributed by atoms with Crippen molar-refractivity contribution in [3.63, 3.8) is 0 Å². The van der Waals surface area contributed by atoms with E-state index < -0.39 is 6.30 Å². The highest BCUT2D eigenvalue weighted by molar-refractivity contribution is 7.80. The largest absolute Gasteiger partial charge is 0.491 e. The highest BCUT2D eigenvalue weighted by Gasteiger charge is 2.43. The number of likely N-dealkylation sites (N-methyl/N-ethyl adjacent to an activating group) is 1. The predicted octanol–water partition coefficient (Wildman–Crippen LogP) is 4.83. The third kappa shape index (κ3) is 4.68. The van der Waals surface area contributed by atoms with E-state index in [0.29, 0.717) is 19.5 Å². The number of aromatic nitrogens is 1. The Hall–Kier alpha value is -3.07. The summed E-state index contributed by atoms with van der Waals surface area (Å²) in [6, 6.07) is 15.4. The zero-order valence-electron chi connectivity index (χ0n) is 18.4. The highest BCUT2D eigenvalue weighted by Crippen LogP contribution is 2.36. The average Bonchev–Trinajstić information content (AvgIpc) is 3.39. The first-order chi connectivity index (χ1) is 15.7. The van der Waals surface area contributed by atoms with E-state index in [1.165, 1.54) is 12.1 Å². The molecule has 1 aliphatic rings. The Morgan fingerprint density at radius 1 is 1.09 bits per heavy atom. The molecule has 1 aromatic heterocycles. The molecule has 0 bridgehead atoms. The van der Waals surface area contributed by atoms with Gasteiger partial charge in [0.25, 0.3) is 0 Å². The fourth-order valence-corrected chi connectivity index (χ4v) is 4.66. The summed E-state index contributed by atoms with van der Waals surface area (Å²) in [5.74, 6) is -0.0189. The quantitative estimate of drug-likeness (QED) is 0.401. The third-order valence-electron chi connectivity index (χ3n) is 5.98. The Balaban J connectivity index is 1.60. The van der Waals surface area contributed by atoms with E-state index in [4.69, 9.17) is 12.2 Å². The van der Waals surface area contributed by atoms with Crippen molar-refractivity contribution >= 4 is 39.8 Å². The molecule has 0 spiro atoms. The van der Waals surface area contributed by atoms with Gasteiger partial charge in [-0.1, -0.05) is 36.4 Å². The summed E-state index contributed by atoms with van der Waals surface area (Å²) < 4.78 is 43.6. The molecule has 0 N–H and O–H groups in total. The number of carbonyl (C=O) groups excluding carboxylic acids is 1. The summed E-state index contributed by atoms with van der Waals surface area (Å²) in [4.78, 5) is 15.7. The molecule has 1 amide bonds. The minimum absolute atomic E-state index is 0.00255. The van der Waals surface area contributed by atoms with Crippen LogP contribution in [0.25, 0.3) is 10.9 Å². The maximum absolute atomic E-state index is 13.9. The van der Waals surface area contributed by atoms with E-state index in [0.717, 1.165) is 16.5 Å².